The lowest BCUT2D eigenvalue weighted by Crippen LogP contribution is -2.41. The van der Waals surface area contributed by atoms with Crippen molar-refractivity contribution in [3.8, 4) is 0 Å². The molecule has 3 rings (SSSR count). The molecule has 0 radical (unpaired) electrons. The lowest BCUT2D eigenvalue weighted by molar-refractivity contribution is -0.123. The monoisotopic (exact) mass is 334 g/mol. The van der Waals surface area contributed by atoms with Gasteiger partial charge in [0, 0.05) is 26.1 Å². The molecule has 23 heavy (non-hydrogen) atoms. The van der Waals surface area contributed by atoms with Crippen molar-refractivity contribution >= 4 is 33.4 Å². The van der Waals surface area contributed by atoms with Gasteiger partial charge in [-0.25, -0.2) is 4.98 Å². The number of aryl methyl sites for hydroxylation is 2. The summed E-state index contributed by atoms with van der Waals surface area (Å²) in [4.78, 5) is 43.3. The molecule has 2 aromatic heterocycles. The predicted octanol–water partition coefficient (Wildman–Crippen LogP) is 0.641. The maximum atomic E-state index is 12.7. The van der Waals surface area contributed by atoms with Gasteiger partial charge in [-0.3, -0.25) is 14.4 Å². The van der Waals surface area contributed by atoms with Gasteiger partial charge in [0.15, 0.2) is 0 Å². The Bertz CT molecular complexity index is 846. The van der Waals surface area contributed by atoms with E-state index in [1.165, 1.54) is 22.2 Å². The molecule has 0 atom stereocenters. The van der Waals surface area contributed by atoms with E-state index in [-0.39, 0.29) is 23.3 Å². The zero-order valence-electron chi connectivity index (χ0n) is 13.0. The Kier molecular flexibility index (Phi) is 3.93. The number of fused-ring (bicyclic) bond motifs is 1. The number of hydrogen-bond donors (Lipinski definition) is 1. The lowest BCUT2D eigenvalue weighted by Gasteiger charge is -2.30. The molecule has 0 unspecified atom stereocenters. The van der Waals surface area contributed by atoms with Crippen molar-refractivity contribution in [1.82, 2.24) is 14.5 Å². The van der Waals surface area contributed by atoms with Gasteiger partial charge in [0.05, 0.1) is 16.6 Å². The summed E-state index contributed by atoms with van der Waals surface area (Å²) >= 11 is 1.25. The minimum Gasteiger partial charge on any atom is -0.369 e. The van der Waals surface area contributed by atoms with Gasteiger partial charge in [0.2, 0.25) is 5.91 Å². The molecular formula is C15H18N4O3S. The van der Waals surface area contributed by atoms with Gasteiger partial charge < -0.3 is 15.2 Å². The van der Waals surface area contributed by atoms with E-state index in [2.05, 4.69) is 4.98 Å². The van der Waals surface area contributed by atoms with E-state index >= 15 is 0 Å². The predicted molar refractivity (Wildman–Crippen MR) is 87.4 cm³/mol. The highest BCUT2D eigenvalue weighted by Gasteiger charge is 2.29. The van der Waals surface area contributed by atoms with Crippen LogP contribution in [-0.4, -0.2) is 39.4 Å². The van der Waals surface area contributed by atoms with Gasteiger partial charge in [-0.1, -0.05) is 0 Å². The van der Waals surface area contributed by atoms with Crippen molar-refractivity contribution < 1.29 is 9.59 Å². The van der Waals surface area contributed by atoms with Gasteiger partial charge in [0.25, 0.3) is 11.5 Å². The summed E-state index contributed by atoms with van der Waals surface area (Å²) in [7, 11) is 1.64. The zero-order chi connectivity index (χ0) is 16.7. The van der Waals surface area contributed by atoms with Crippen LogP contribution in [0.25, 0.3) is 10.2 Å². The third-order valence-electron chi connectivity index (χ3n) is 4.39. The van der Waals surface area contributed by atoms with Crippen molar-refractivity contribution in [2.45, 2.75) is 19.8 Å². The van der Waals surface area contributed by atoms with E-state index < -0.39 is 0 Å². The first kappa shape index (κ1) is 15.7. The first-order chi connectivity index (χ1) is 10.9. The molecule has 2 N–H and O–H groups in total. The van der Waals surface area contributed by atoms with Crippen molar-refractivity contribution in [3.05, 3.63) is 27.1 Å². The van der Waals surface area contributed by atoms with Gasteiger partial charge in [-0.2, -0.15) is 0 Å². The van der Waals surface area contributed by atoms with Gasteiger partial charge in [0.1, 0.15) is 4.83 Å². The lowest BCUT2D eigenvalue weighted by atomic mass is 9.96. The molecule has 3 heterocycles. The van der Waals surface area contributed by atoms with E-state index in [0.717, 1.165) is 0 Å². The van der Waals surface area contributed by atoms with E-state index in [9.17, 15) is 14.4 Å². The molecule has 0 bridgehead atoms. The summed E-state index contributed by atoms with van der Waals surface area (Å²) < 4.78 is 1.41. The van der Waals surface area contributed by atoms with Crippen LogP contribution in [0.1, 0.15) is 28.1 Å². The summed E-state index contributed by atoms with van der Waals surface area (Å²) in [5.41, 5.74) is 5.86. The summed E-state index contributed by atoms with van der Waals surface area (Å²) in [6.45, 7) is 2.79. The third kappa shape index (κ3) is 2.63. The summed E-state index contributed by atoms with van der Waals surface area (Å²) in [6.07, 6.45) is 2.64. The average Bonchev–Trinajstić information content (AvgIpc) is 2.88. The standard InChI is InChI=1S/C15H18N4O3S/c1-8-10-13(17-7-18(2)14(10)21)23-11(8)15(22)19-5-3-9(4-6-19)12(16)20/h7,9H,3-6H2,1-2H3,(H2,16,20). The normalized spacial score (nSPS) is 16.0. The number of piperidine rings is 1. The van der Waals surface area contributed by atoms with Crippen molar-refractivity contribution in [2.24, 2.45) is 18.7 Å². The number of carbonyl (C=O) groups excluding carboxylic acids is 2. The highest BCUT2D eigenvalue weighted by molar-refractivity contribution is 7.20. The van der Waals surface area contributed by atoms with Crippen molar-refractivity contribution in [3.63, 3.8) is 0 Å². The zero-order valence-corrected chi connectivity index (χ0v) is 13.9. The van der Waals surface area contributed by atoms with E-state index in [0.29, 0.717) is 46.6 Å². The van der Waals surface area contributed by atoms with Gasteiger partial charge in [-0.05, 0) is 25.3 Å². The SMILES string of the molecule is Cc1c(C(=O)N2CCC(C(N)=O)CC2)sc2ncn(C)c(=O)c12. The van der Waals surface area contributed by atoms with E-state index in [1.54, 1.807) is 18.9 Å². The average molecular weight is 334 g/mol. The van der Waals surface area contributed by atoms with E-state index in [1.807, 2.05) is 0 Å². The van der Waals surface area contributed by atoms with Crippen LogP contribution in [0.3, 0.4) is 0 Å². The Labute approximate surface area is 136 Å². The minimum absolute atomic E-state index is 0.101. The van der Waals surface area contributed by atoms with Crippen LogP contribution in [0.4, 0.5) is 0 Å². The fourth-order valence-corrected chi connectivity index (χ4v) is 4.03. The van der Waals surface area contributed by atoms with Gasteiger partial charge in [-0.15, -0.1) is 11.3 Å². The smallest absolute Gasteiger partial charge is 0.264 e. The third-order valence-corrected chi connectivity index (χ3v) is 5.58. The summed E-state index contributed by atoms with van der Waals surface area (Å²) in [5.74, 6) is -0.560. The fraction of sp³-hybridized carbons (Fsp3) is 0.467. The number of thiophene rings is 1. The van der Waals surface area contributed by atoms with Crippen LogP contribution in [0, 0.1) is 12.8 Å². The number of nitrogens with two attached hydrogens (primary N) is 1. The molecule has 7 nitrogen and oxygen atoms in total. The second-order valence-corrected chi connectivity index (χ2v) is 6.86. The highest BCUT2D eigenvalue weighted by Crippen LogP contribution is 2.29. The first-order valence-corrected chi connectivity index (χ1v) is 8.25. The Hall–Kier alpha value is -2.22. The fourth-order valence-electron chi connectivity index (χ4n) is 2.92. The molecule has 0 saturated carbocycles. The van der Waals surface area contributed by atoms with Crippen molar-refractivity contribution in [2.75, 3.05) is 13.1 Å². The van der Waals surface area contributed by atoms with E-state index in [4.69, 9.17) is 5.73 Å². The molecule has 2 aromatic rings. The maximum Gasteiger partial charge on any atom is 0.264 e. The second kappa shape index (κ2) is 5.77. The molecule has 2 amide bonds. The number of aromatic nitrogens is 2. The molecule has 1 fully saturated rings. The molecule has 1 saturated heterocycles. The number of primary amides is 1. The molecular weight excluding hydrogens is 316 g/mol. The van der Waals surface area contributed by atoms with Crippen LogP contribution < -0.4 is 11.3 Å². The molecule has 0 aliphatic carbocycles. The van der Waals surface area contributed by atoms with Crippen LogP contribution in [-0.2, 0) is 11.8 Å². The Morgan fingerprint density at radius 2 is 2.00 bits per heavy atom. The quantitative estimate of drug-likeness (QED) is 0.871. The molecule has 0 aromatic carbocycles. The summed E-state index contributed by atoms with van der Waals surface area (Å²) in [6, 6.07) is 0. The minimum atomic E-state index is -0.303. The van der Waals surface area contributed by atoms with Crippen LogP contribution in [0.5, 0.6) is 0 Å². The summed E-state index contributed by atoms with van der Waals surface area (Å²) in [5, 5.41) is 0.510. The first-order valence-electron chi connectivity index (χ1n) is 7.43. The number of likely N-dealkylation sites (tertiary alicyclic amines) is 1. The number of hydrogen-bond acceptors (Lipinski definition) is 5. The maximum absolute atomic E-state index is 12.7. The van der Waals surface area contributed by atoms with Crippen LogP contribution in [0.2, 0.25) is 0 Å². The Morgan fingerprint density at radius 3 is 2.61 bits per heavy atom. The van der Waals surface area contributed by atoms with Gasteiger partial charge >= 0.3 is 0 Å². The number of carbonyl (C=O) groups is 2. The van der Waals surface area contributed by atoms with Crippen LogP contribution in [0.15, 0.2) is 11.1 Å². The molecule has 8 heteroatoms. The van der Waals surface area contributed by atoms with Crippen molar-refractivity contribution in [1.29, 1.82) is 0 Å². The number of amides is 2. The molecule has 1 aliphatic rings. The number of nitrogens with zero attached hydrogens (tertiary/aromatic N) is 3. The number of rotatable bonds is 2. The second-order valence-electron chi connectivity index (χ2n) is 5.87. The topological polar surface area (TPSA) is 98.3 Å². The Balaban J connectivity index is 1.91. The highest BCUT2D eigenvalue weighted by atomic mass is 32.1. The van der Waals surface area contributed by atoms with Crippen LogP contribution >= 0.6 is 11.3 Å². The molecule has 0 spiro atoms. The largest absolute Gasteiger partial charge is 0.369 e. The Morgan fingerprint density at radius 1 is 1.35 bits per heavy atom. The molecule has 122 valence electrons. The molecule has 1 aliphatic heterocycles.